The largest absolute Gasteiger partial charge is 0.496 e. The topological polar surface area (TPSA) is 39.1 Å². The van der Waals surface area contributed by atoms with Crippen LogP contribution in [-0.2, 0) is 20.0 Å². The zero-order chi connectivity index (χ0) is 13.8. The Balaban J connectivity index is 2.07. The van der Waals surface area contributed by atoms with Crippen LogP contribution in [0.3, 0.4) is 0 Å². The standard InChI is InChI=1S/C15H21N3O/c1-5-14-12(10-18(3)17-14)9-16-13-6-7-15(19-4)11(2)8-13/h6-8,10,16H,5,9H2,1-4H3. The van der Waals surface area contributed by atoms with Crippen molar-refractivity contribution in [2.24, 2.45) is 7.05 Å². The molecule has 0 bridgehead atoms. The predicted octanol–water partition coefficient (Wildman–Crippen LogP) is 2.91. The van der Waals surface area contributed by atoms with Gasteiger partial charge in [-0.15, -0.1) is 0 Å². The van der Waals surface area contributed by atoms with E-state index >= 15 is 0 Å². The molecule has 2 rings (SSSR count). The SMILES string of the molecule is CCc1nn(C)cc1CNc1ccc(OC)c(C)c1. The van der Waals surface area contributed by atoms with Crippen LogP contribution in [0.2, 0.25) is 0 Å². The molecule has 1 aromatic carbocycles. The number of hydrogen-bond acceptors (Lipinski definition) is 3. The molecule has 0 saturated heterocycles. The predicted molar refractivity (Wildman–Crippen MR) is 77.6 cm³/mol. The Bertz CT molecular complexity index is 561. The van der Waals surface area contributed by atoms with Crippen molar-refractivity contribution in [1.82, 2.24) is 9.78 Å². The van der Waals surface area contributed by atoms with E-state index < -0.39 is 0 Å². The van der Waals surface area contributed by atoms with E-state index in [4.69, 9.17) is 4.74 Å². The summed E-state index contributed by atoms with van der Waals surface area (Å²) in [5, 5.41) is 7.88. The number of nitrogens with zero attached hydrogens (tertiary/aromatic N) is 2. The molecule has 2 aromatic rings. The number of benzene rings is 1. The minimum Gasteiger partial charge on any atom is -0.496 e. The number of aromatic nitrogens is 2. The van der Waals surface area contributed by atoms with Crippen LogP contribution in [0.25, 0.3) is 0 Å². The van der Waals surface area contributed by atoms with E-state index in [1.165, 1.54) is 5.56 Å². The second-order valence-corrected chi connectivity index (χ2v) is 4.67. The molecule has 19 heavy (non-hydrogen) atoms. The van der Waals surface area contributed by atoms with Crippen LogP contribution < -0.4 is 10.1 Å². The van der Waals surface area contributed by atoms with E-state index in [0.717, 1.165) is 35.7 Å². The van der Waals surface area contributed by atoms with Gasteiger partial charge in [0.25, 0.3) is 0 Å². The third-order valence-electron chi connectivity index (χ3n) is 3.20. The van der Waals surface area contributed by atoms with Gasteiger partial charge in [-0.05, 0) is 37.1 Å². The fraction of sp³-hybridized carbons (Fsp3) is 0.400. The van der Waals surface area contributed by atoms with E-state index in [0.29, 0.717) is 0 Å². The van der Waals surface area contributed by atoms with Gasteiger partial charge in [-0.3, -0.25) is 4.68 Å². The van der Waals surface area contributed by atoms with Crippen molar-refractivity contribution in [2.45, 2.75) is 26.8 Å². The second kappa shape index (κ2) is 5.78. The number of aryl methyl sites for hydroxylation is 3. The van der Waals surface area contributed by atoms with Gasteiger partial charge in [-0.2, -0.15) is 5.10 Å². The molecule has 0 unspecified atom stereocenters. The molecule has 102 valence electrons. The first-order valence-corrected chi connectivity index (χ1v) is 6.54. The lowest BCUT2D eigenvalue weighted by atomic mass is 10.1. The van der Waals surface area contributed by atoms with Crippen molar-refractivity contribution < 1.29 is 4.74 Å². The van der Waals surface area contributed by atoms with Gasteiger partial charge in [0.1, 0.15) is 5.75 Å². The summed E-state index contributed by atoms with van der Waals surface area (Å²) in [6.45, 7) is 4.97. The van der Waals surface area contributed by atoms with E-state index in [-0.39, 0.29) is 0 Å². The van der Waals surface area contributed by atoms with E-state index in [9.17, 15) is 0 Å². The van der Waals surface area contributed by atoms with Gasteiger partial charge in [0.15, 0.2) is 0 Å². The Morgan fingerprint density at radius 2 is 2.16 bits per heavy atom. The summed E-state index contributed by atoms with van der Waals surface area (Å²) in [5.41, 5.74) is 4.64. The van der Waals surface area contributed by atoms with Crippen LogP contribution in [0.4, 0.5) is 5.69 Å². The van der Waals surface area contributed by atoms with Crippen molar-refractivity contribution in [1.29, 1.82) is 0 Å². The van der Waals surface area contributed by atoms with Crippen molar-refractivity contribution >= 4 is 5.69 Å². The number of anilines is 1. The van der Waals surface area contributed by atoms with Gasteiger partial charge in [0, 0.05) is 31.0 Å². The first-order chi connectivity index (χ1) is 9.13. The molecule has 1 N–H and O–H groups in total. The van der Waals surface area contributed by atoms with Crippen LogP contribution in [-0.4, -0.2) is 16.9 Å². The van der Waals surface area contributed by atoms with Gasteiger partial charge in [-0.25, -0.2) is 0 Å². The second-order valence-electron chi connectivity index (χ2n) is 4.67. The maximum atomic E-state index is 5.26. The Labute approximate surface area is 114 Å². The number of rotatable bonds is 5. The van der Waals surface area contributed by atoms with Crippen LogP contribution in [0.5, 0.6) is 5.75 Å². The minimum atomic E-state index is 0.794. The maximum Gasteiger partial charge on any atom is 0.121 e. The van der Waals surface area contributed by atoms with E-state index in [2.05, 4.69) is 29.6 Å². The molecule has 0 amide bonds. The van der Waals surface area contributed by atoms with Crippen molar-refractivity contribution in [2.75, 3.05) is 12.4 Å². The van der Waals surface area contributed by atoms with E-state index in [1.807, 2.05) is 30.8 Å². The normalized spacial score (nSPS) is 10.5. The molecule has 0 radical (unpaired) electrons. The molecule has 0 spiro atoms. The quantitative estimate of drug-likeness (QED) is 0.897. The summed E-state index contributed by atoms with van der Waals surface area (Å²) in [5.74, 6) is 0.918. The van der Waals surface area contributed by atoms with Gasteiger partial charge >= 0.3 is 0 Å². The summed E-state index contributed by atoms with van der Waals surface area (Å²) in [6.07, 6.45) is 3.03. The van der Waals surface area contributed by atoms with Crippen molar-refractivity contribution in [3.63, 3.8) is 0 Å². The Hall–Kier alpha value is -1.97. The molecule has 0 saturated carbocycles. The fourth-order valence-electron chi connectivity index (χ4n) is 2.21. The van der Waals surface area contributed by atoms with Gasteiger partial charge < -0.3 is 10.1 Å². The highest BCUT2D eigenvalue weighted by molar-refractivity contribution is 5.51. The highest BCUT2D eigenvalue weighted by Gasteiger charge is 2.06. The molecule has 0 atom stereocenters. The summed E-state index contributed by atoms with van der Waals surface area (Å²) in [4.78, 5) is 0. The molecule has 4 nitrogen and oxygen atoms in total. The molecule has 1 aromatic heterocycles. The average molecular weight is 259 g/mol. The lowest BCUT2D eigenvalue weighted by Gasteiger charge is -2.09. The Morgan fingerprint density at radius 3 is 2.79 bits per heavy atom. The molecule has 1 heterocycles. The maximum absolute atomic E-state index is 5.26. The van der Waals surface area contributed by atoms with Crippen LogP contribution in [0, 0.1) is 6.92 Å². The third kappa shape index (κ3) is 3.08. The molecule has 0 aliphatic carbocycles. The van der Waals surface area contributed by atoms with Crippen LogP contribution in [0.15, 0.2) is 24.4 Å². The molecular weight excluding hydrogens is 238 g/mol. The average Bonchev–Trinajstić information content (AvgIpc) is 2.77. The number of methoxy groups -OCH3 is 1. The minimum absolute atomic E-state index is 0.794. The summed E-state index contributed by atoms with van der Waals surface area (Å²) < 4.78 is 7.13. The number of ether oxygens (including phenoxy) is 1. The lowest BCUT2D eigenvalue weighted by Crippen LogP contribution is -2.01. The summed E-state index contributed by atoms with van der Waals surface area (Å²) in [7, 11) is 3.65. The van der Waals surface area contributed by atoms with Gasteiger partial charge in [0.05, 0.1) is 12.8 Å². The van der Waals surface area contributed by atoms with Gasteiger partial charge in [-0.1, -0.05) is 6.92 Å². The first-order valence-electron chi connectivity index (χ1n) is 6.54. The highest BCUT2D eigenvalue weighted by atomic mass is 16.5. The van der Waals surface area contributed by atoms with E-state index in [1.54, 1.807) is 7.11 Å². The zero-order valence-corrected chi connectivity index (χ0v) is 12.0. The molecule has 4 heteroatoms. The first kappa shape index (κ1) is 13.5. The number of hydrogen-bond donors (Lipinski definition) is 1. The smallest absolute Gasteiger partial charge is 0.121 e. The van der Waals surface area contributed by atoms with Gasteiger partial charge in [0.2, 0.25) is 0 Å². The van der Waals surface area contributed by atoms with Crippen molar-refractivity contribution in [3.05, 3.63) is 41.2 Å². The van der Waals surface area contributed by atoms with Crippen LogP contribution in [0.1, 0.15) is 23.7 Å². The summed E-state index contributed by atoms with van der Waals surface area (Å²) in [6, 6.07) is 6.12. The molecule has 0 fully saturated rings. The lowest BCUT2D eigenvalue weighted by molar-refractivity contribution is 0.412. The molecular formula is C15H21N3O. The molecule has 0 aliphatic rings. The summed E-state index contributed by atoms with van der Waals surface area (Å²) >= 11 is 0. The fourth-order valence-corrected chi connectivity index (χ4v) is 2.21. The highest BCUT2D eigenvalue weighted by Crippen LogP contribution is 2.22. The third-order valence-corrected chi connectivity index (χ3v) is 3.20. The monoisotopic (exact) mass is 259 g/mol. The Kier molecular flexibility index (Phi) is 4.10. The molecule has 0 aliphatic heterocycles. The Morgan fingerprint density at radius 1 is 1.37 bits per heavy atom. The van der Waals surface area contributed by atoms with Crippen LogP contribution >= 0.6 is 0 Å². The van der Waals surface area contributed by atoms with Crippen molar-refractivity contribution in [3.8, 4) is 5.75 Å². The zero-order valence-electron chi connectivity index (χ0n) is 12.0. The number of nitrogens with one attached hydrogen (secondary N) is 1.